The lowest BCUT2D eigenvalue weighted by molar-refractivity contribution is -0.148. The van der Waals surface area contributed by atoms with Crippen LogP contribution in [-0.2, 0) is 14.3 Å². The lowest BCUT2D eigenvalue weighted by atomic mass is 10.2. The van der Waals surface area contributed by atoms with Crippen LogP contribution in [0.2, 0.25) is 0 Å². The van der Waals surface area contributed by atoms with E-state index in [0.29, 0.717) is 0 Å². The Balaban J connectivity index is 2.81. The highest BCUT2D eigenvalue weighted by atomic mass is 16.6. The molecule has 6 heteroatoms. The molecule has 14 heavy (non-hydrogen) atoms. The normalized spacial score (nSPS) is 23.6. The molecule has 1 heterocycles. The van der Waals surface area contributed by atoms with Crippen LogP contribution in [0, 0.1) is 0 Å². The first-order chi connectivity index (χ1) is 6.61. The average Bonchev–Trinajstić information content (AvgIpc) is 2.45. The molecule has 2 atom stereocenters. The van der Waals surface area contributed by atoms with Gasteiger partial charge >= 0.3 is 5.97 Å². The van der Waals surface area contributed by atoms with Crippen molar-refractivity contribution in [3.05, 3.63) is 11.5 Å². The molecule has 0 bridgehead atoms. The van der Waals surface area contributed by atoms with Gasteiger partial charge < -0.3 is 24.8 Å². The van der Waals surface area contributed by atoms with Gasteiger partial charge in [0.15, 0.2) is 11.9 Å². The van der Waals surface area contributed by atoms with Crippen molar-refractivity contribution in [1.82, 2.24) is 0 Å². The molecule has 1 rings (SSSR count). The van der Waals surface area contributed by atoms with Crippen molar-refractivity contribution in [1.29, 1.82) is 0 Å². The highest BCUT2D eigenvalue weighted by Crippen LogP contribution is 2.23. The van der Waals surface area contributed by atoms with Crippen LogP contribution >= 0.6 is 0 Å². The third kappa shape index (κ3) is 1.80. The van der Waals surface area contributed by atoms with E-state index in [4.69, 9.17) is 14.9 Å². The van der Waals surface area contributed by atoms with Crippen molar-refractivity contribution in [2.24, 2.45) is 0 Å². The first kappa shape index (κ1) is 10.8. The van der Waals surface area contributed by atoms with Crippen molar-refractivity contribution < 1.29 is 29.6 Å². The highest BCUT2D eigenvalue weighted by Gasteiger charge is 2.40. The molecule has 0 fully saturated rings. The first-order valence-corrected chi connectivity index (χ1v) is 4.17. The molecule has 0 aromatic heterocycles. The molecule has 0 aromatic rings. The molecule has 0 radical (unpaired) electrons. The fourth-order valence-electron chi connectivity index (χ4n) is 1.09. The van der Waals surface area contributed by atoms with Crippen LogP contribution in [0.25, 0.3) is 0 Å². The summed E-state index contributed by atoms with van der Waals surface area (Å²) in [6.07, 6.45) is -2.56. The van der Waals surface area contributed by atoms with Gasteiger partial charge in [0.2, 0.25) is 5.76 Å². The summed E-state index contributed by atoms with van der Waals surface area (Å²) in [6, 6.07) is 0. The van der Waals surface area contributed by atoms with E-state index in [1.165, 1.54) is 0 Å². The lowest BCUT2D eigenvalue weighted by Crippen LogP contribution is -2.31. The summed E-state index contributed by atoms with van der Waals surface area (Å²) < 4.78 is 9.41. The van der Waals surface area contributed by atoms with Crippen molar-refractivity contribution >= 4 is 5.97 Å². The van der Waals surface area contributed by atoms with Gasteiger partial charge in [-0.2, -0.15) is 0 Å². The monoisotopic (exact) mass is 204 g/mol. The second-order valence-corrected chi connectivity index (χ2v) is 2.72. The van der Waals surface area contributed by atoms with Gasteiger partial charge in [-0.15, -0.1) is 0 Å². The second kappa shape index (κ2) is 4.30. The number of ether oxygens (including phenoxy) is 2. The maximum Gasteiger partial charge on any atom is 0.378 e. The second-order valence-electron chi connectivity index (χ2n) is 2.72. The van der Waals surface area contributed by atoms with Gasteiger partial charge in [0.05, 0.1) is 13.2 Å². The molecule has 0 saturated heterocycles. The highest BCUT2D eigenvalue weighted by molar-refractivity contribution is 5.89. The minimum absolute atomic E-state index is 0.205. The Morgan fingerprint density at radius 3 is 2.79 bits per heavy atom. The maximum atomic E-state index is 11.0. The minimum Gasteiger partial charge on any atom is -0.505 e. The van der Waals surface area contributed by atoms with Crippen molar-refractivity contribution in [2.75, 3.05) is 13.2 Å². The van der Waals surface area contributed by atoms with Crippen molar-refractivity contribution in [3.8, 4) is 0 Å². The van der Waals surface area contributed by atoms with E-state index in [1.54, 1.807) is 6.92 Å². The average molecular weight is 204 g/mol. The predicted octanol–water partition coefficient (Wildman–Crippen LogP) is -0.929. The number of aliphatic hydroxyl groups excluding tert-OH is 3. The minimum atomic E-state index is -1.34. The zero-order valence-electron chi connectivity index (χ0n) is 7.64. The molecule has 0 aromatic carbocycles. The molecule has 3 N–H and O–H groups in total. The molecule has 0 aliphatic carbocycles. The van der Waals surface area contributed by atoms with E-state index < -0.39 is 30.5 Å². The number of cyclic esters (lactones) is 1. The maximum absolute atomic E-state index is 11.0. The first-order valence-electron chi connectivity index (χ1n) is 4.17. The van der Waals surface area contributed by atoms with Crippen LogP contribution in [0.1, 0.15) is 6.92 Å². The smallest absolute Gasteiger partial charge is 0.378 e. The molecule has 0 saturated carbocycles. The lowest BCUT2D eigenvalue weighted by Gasteiger charge is -2.13. The standard InChI is InChI=1S/C8H12O6/c1-2-13-7-5(11)6(4(10)3-9)14-8(7)12/h4,6,9-11H,2-3H2,1H3. The summed E-state index contributed by atoms with van der Waals surface area (Å²) in [4.78, 5) is 11.0. The van der Waals surface area contributed by atoms with E-state index in [-0.39, 0.29) is 12.4 Å². The summed E-state index contributed by atoms with van der Waals surface area (Å²) in [7, 11) is 0. The summed E-state index contributed by atoms with van der Waals surface area (Å²) in [5.74, 6) is -1.61. The number of esters is 1. The van der Waals surface area contributed by atoms with Crippen LogP contribution in [-0.4, -0.2) is 46.7 Å². The fraction of sp³-hybridized carbons (Fsp3) is 0.625. The zero-order valence-corrected chi connectivity index (χ0v) is 7.64. The van der Waals surface area contributed by atoms with Crippen molar-refractivity contribution in [2.45, 2.75) is 19.1 Å². The van der Waals surface area contributed by atoms with Crippen LogP contribution in [0.15, 0.2) is 11.5 Å². The Kier molecular flexibility index (Phi) is 3.32. The number of aliphatic hydroxyl groups is 3. The Bertz CT molecular complexity index is 259. The van der Waals surface area contributed by atoms with Gasteiger partial charge in [-0.05, 0) is 6.92 Å². The Morgan fingerprint density at radius 1 is 1.64 bits per heavy atom. The zero-order chi connectivity index (χ0) is 10.7. The largest absolute Gasteiger partial charge is 0.505 e. The predicted molar refractivity (Wildman–Crippen MR) is 44.3 cm³/mol. The van der Waals surface area contributed by atoms with E-state index in [1.807, 2.05) is 0 Å². The van der Waals surface area contributed by atoms with Crippen LogP contribution in [0.4, 0.5) is 0 Å². The summed E-state index contributed by atoms with van der Waals surface area (Å²) in [5, 5.41) is 27.1. The quantitative estimate of drug-likeness (QED) is 0.512. The summed E-state index contributed by atoms with van der Waals surface area (Å²) in [5.41, 5.74) is 0. The number of carbonyl (C=O) groups excluding carboxylic acids is 1. The molecule has 6 nitrogen and oxygen atoms in total. The fourth-order valence-corrected chi connectivity index (χ4v) is 1.09. The number of hydrogen-bond donors (Lipinski definition) is 3. The molecule has 1 aliphatic heterocycles. The van der Waals surface area contributed by atoms with E-state index in [0.717, 1.165) is 0 Å². The molecule has 80 valence electrons. The number of rotatable bonds is 4. The third-order valence-electron chi connectivity index (χ3n) is 1.75. The van der Waals surface area contributed by atoms with Gasteiger partial charge in [-0.3, -0.25) is 0 Å². The molecular weight excluding hydrogens is 192 g/mol. The topological polar surface area (TPSA) is 96.2 Å². The molecule has 0 amide bonds. The Labute approximate surface area is 80.4 Å². The van der Waals surface area contributed by atoms with Gasteiger partial charge in [-0.25, -0.2) is 4.79 Å². The van der Waals surface area contributed by atoms with Gasteiger partial charge in [-0.1, -0.05) is 0 Å². The molecular formula is C8H12O6. The van der Waals surface area contributed by atoms with Crippen LogP contribution in [0.5, 0.6) is 0 Å². The number of carbonyl (C=O) groups is 1. The van der Waals surface area contributed by atoms with Crippen LogP contribution < -0.4 is 0 Å². The molecule has 0 spiro atoms. The van der Waals surface area contributed by atoms with E-state index in [2.05, 4.69) is 4.74 Å². The van der Waals surface area contributed by atoms with Crippen LogP contribution in [0.3, 0.4) is 0 Å². The molecule has 1 aliphatic rings. The Hall–Kier alpha value is -1.27. The third-order valence-corrected chi connectivity index (χ3v) is 1.75. The van der Waals surface area contributed by atoms with Gasteiger partial charge in [0.1, 0.15) is 6.10 Å². The molecule has 2 unspecified atom stereocenters. The van der Waals surface area contributed by atoms with Crippen molar-refractivity contribution in [3.63, 3.8) is 0 Å². The Morgan fingerprint density at radius 2 is 2.29 bits per heavy atom. The summed E-state index contributed by atoms with van der Waals surface area (Å²) in [6.45, 7) is 1.24. The van der Waals surface area contributed by atoms with Gasteiger partial charge in [0, 0.05) is 0 Å². The summed E-state index contributed by atoms with van der Waals surface area (Å²) >= 11 is 0. The van der Waals surface area contributed by atoms with E-state index in [9.17, 15) is 9.90 Å². The SMILES string of the molecule is CCOC1=C(O)C(C(O)CO)OC1=O. The van der Waals surface area contributed by atoms with E-state index >= 15 is 0 Å². The number of hydrogen-bond acceptors (Lipinski definition) is 6. The van der Waals surface area contributed by atoms with Gasteiger partial charge in [0.25, 0.3) is 0 Å².